The molecule has 0 aliphatic carbocycles. The number of likely N-dealkylation sites (tertiary alicyclic amines) is 1. The van der Waals surface area contributed by atoms with E-state index in [4.69, 9.17) is 5.73 Å². The van der Waals surface area contributed by atoms with Crippen LogP contribution in [0.25, 0.3) is 0 Å². The first kappa shape index (κ1) is 19.2. The SMILES string of the molecule is Cc1cccc(Nc2ccccc2C(=O)N2C[C@@H](N)[C@H](c3nccn3C)C2)c1C. The quantitative estimate of drug-likeness (QED) is 0.717. The maximum Gasteiger partial charge on any atom is 0.256 e. The largest absolute Gasteiger partial charge is 0.355 e. The lowest BCUT2D eigenvalue weighted by Crippen LogP contribution is -2.32. The molecule has 0 unspecified atom stereocenters. The third kappa shape index (κ3) is 3.63. The van der Waals surface area contributed by atoms with Crippen molar-refractivity contribution in [2.75, 3.05) is 18.4 Å². The predicted molar refractivity (Wildman–Crippen MR) is 115 cm³/mol. The monoisotopic (exact) mass is 389 g/mol. The molecule has 1 amide bonds. The van der Waals surface area contributed by atoms with E-state index in [-0.39, 0.29) is 17.9 Å². The summed E-state index contributed by atoms with van der Waals surface area (Å²) in [6, 6.07) is 13.7. The number of carbonyl (C=O) groups excluding carboxylic acids is 1. The van der Waals surface area contributed by atoms with Gasteiger partial charge in [0, 0.05) is 44.3 Å². The number of para-hydroxylation sites is 1. The minimum atomic E-state index is -0.126. The molecule has 1 aliphatic heterocycles. The van der Waals surface area contributed by atoms with Crippen LogP contribution in [0, 0.1) is 13.8 Å². The third-order valence-electron chi connectivity index (χ3n) is 5.87. The molecule has 2 heterocycles. The van der Waals surface area contributed by atoms with Gasteiger partial charge < -0.3 is 20.5 Å². The molecule has 29 heavy (non-hydrogen) atoms. The van der Waals surface area contributed by atoms with Crippen LogP contribution >= 0.6 is 0 Å². The fourth-order valence-corrected chi connectivity index (χ4v) is 3.98. The average Bonchev–Trinajstić information content (AvgIpc) is 3.30. The fourth-order valence-electron chi connectivity index (χ4n) is 3.98. The van der Waals surface area contributed by atoms with Crippen LogP contribution < -0.4 is 11.1 Å². The number of hydrogen-bond acceptors (Lipinski definition) is 4. The van der Waals surface area contributed by atoms with E-state index in [0.717, 1.165) is 17.2 Å². The normalized spacial score (nSPS) is 18.8. The Balaban J connectivity index is 1.58. The van der Waals surface area contributed by atoms with Gasteiger partial charge in [-0.15, -0.1) is 0 Å². The van der Waals surface area contributed by atoms with Gasteiger partial charge in [-0.25, -0.2) is 4.98 Å². The van der Waals surface area contributed by atoms with Crippen LogP contribution in [0.3, 0.4) is 0 Å². The van der Waals surface area contributed by atoms with E-state index in [1.807, 2.05) is 59.1 Å². The first-order valence-corrected chi connectivity index (χ1v) is 9.90. The number of benzene rings is 2. The highest BCUT2D eigenvalue weighted by Crippen LogP contribution is 2.30. The van der Waals surface area contributed by atoms with Crippen molar-refractivity contribution in [1.29, 1.82) is 0 Å². The number of rotatable bonds is 4. The number of imidazole rings is 1. The van der Waals surface area contributed by atoms with Crippen molar-refractivity contribution < 1.29 is 4.79 Å². The van der Waals surface area contributed by atoms with E-state index >= 15 is 0 Å². The van der Waals surface area contributed by atoms with Crippen LogP contribution in [0.4, 0.5) is 11.4 Å². The lowest BCUT2D eigenvalue weighted by molar-refractivity contribution is 0.0790. The van der Waals surface area contributed by atoms with E-state index in [2.05, 4.69) is 30.2 Å². The molecule has 1 saturated heterocycles. The molecule has 1 fully saturated rings. The van der Waals surface area contributed by atoms with Crippen molar-refractivity contribution in [3.63, 3.8) is 0 Å². The van der Waals surface area contributed by atoms with E-state index in [0.29, 0.717) is 18.7 Å². The second kappa shape index (κ2) is 7.72. The highest BCUT2D eigenvalue weighted by atomic mass is 16.2. The molecule has 4 rings (SSSR count). The molecule has 0 saturated carbocycles. The van der Waals surface area contributed by atoms with E-state index < -0.39 is 0 Å². The van der Waals surface area contributed by atoms with Gasteiger partial charge >= 0.3 is 0 Å². The van der Waals surface area contributed by atoms with Crippen LogP contribution in [-0.2, 0) is 7.05 Å². The summed E-state index contributed by atoms with van der Waals surface area (Å²) in [5.41, 5.74) is 11.2. The van der Waals surface area contributed by atoms with E-state index in [9.17, 15) is 4.79 Å². The van der Waals surface area contributed by atoms with Crippen molar-refractivity contribution >= 4 is 17.3 Å². The molecule has 3 N–H and O–H groups in total. The standard InChI is InChI=1S/C23H27N5O/c1-15-7-6-10-20(16(15)2)26-21-9-5-4-8-17(21)23(29)28-13-18(19(24)14-28)22-25-11-12-27(22)3/h4-12,18-19,26H,13-14,24H2,1-3H3/t18-,19-/m1/s1. The zero-order chi connectivity index (χ0) is 20.5. The Labute approximate surface area is 171 Å². The number of aromatic nitrogens is 2. The molecule has 2 aromatic carbocycles. The van der Waals surface area contributed by atoms with Gasteiger partial charge in [0.2, 0.25) is 0 Å². The van der Waals surface area contributed by atoms with Crippen LogP contribution in [0.15, 0.2) is 54.9 Å². The Morgan fingerprint density at radius 2 is 1.86 bits per heavy atom. The summed E-state index contributed by atoms with van der Waals surface area (Å²) in [5, 5.41) is 3.45. The molecule has 2 atom stereocenters. The first-order chi connectivity index (χ1) is 14.0. The lowest BCUT2D eigenvalue weighted by Gasteiger charge is -2.20. The van der Waals surface area contributed by atoms with E-state index in [1.54, 1.807) is 6.20 Å². The van der Waals surface area contributed by atoms with Gasteiger partial charge in [0.05, 0.1) is 17.2 Å². The molecule has 6 heteroatoms. The summed E-state index contributed by atoms with van der Waals surface area (Å²) < 4.78 is 1.98. The number of amides is 1. The molecule has 0 bridgehead atoms. The summed E-state index contributed by atoms with van der Waals surface area (Å²) in [6.45, 7) is 5.26. The number of anilines is 2. The number of aryl methyl sites for hydroxylation is 2. The van der Waals surface area contributed by atoms with Gasteiger partial charge in [0.15, 0.2) is 0 Å². The highest BCUT2D eigenvalue weighted by Gasteiger charge is 2.36. The van der Waals surface area contributed by atoms with E-state index in [1.165, 1.54) is 11.1 Å². The molecular weight excluding hydrogens is 362 g/mol. The van der Waals surface area contributed by atoms with Gasteiger partial charge in [-0.2, -0.15) is 0 Å². The molecule has 1 aliphatic rings. The fraction of sp³-hybridized carbons (Fsp3) is 0.304. The van der Waals surface area contributed by atoms with Crippen molar-refractivity contribution in [1.82, 2.24) is 14.5 Å². The molecule has 3 aromatic rings. The second-order valence-electron chi connectivity index (χ2n) is 7.79. The average molecular weight is 390 g/mol. The second-order valence-corrected chi connectivity index (χ2v) is 7.79. The summed E-state index contributed by atoms with van der Waals surface area (Å²) >= 11 is 0. The van der Waals surface area contributed by atoms with Crippen molar-refractivity contribution in [2.24, 2.45) is 12.8 Å². The maximum absolute atomic E-state index is 13.4. The Hall–Kier alpha value is -3.12. The molecule has 0 radical (unpaired) electrons. The molecule has 0 spiro atoms. The zero-order valence-corrected chi connectivity index (χ0v) is 17.1. The molecule has 6 nitrogen and oxygen atoms in total. The minimum absolute atomic E-state index is 0.00874. The lowest BCUT2D eigenvalue weighted by atomic mass is 10.0. The van der Waals surface area contributed by atoms with Gasteiger partial charge in [-0.05, 0) is 43.2 Å². The Bertz CT molecular complexity index is 1040. The Morgan fingerprint density at radius 1 is 1.10 bits per heavy atom. The van der Waals surface area contributed by atoms with Crippen LogP contribution in [-0.4, -0.2) is 39.5 Å². The predicted octanol–water partition coefficient (Wildman–Crippen LogP) is 3.35. The number of nitrogens with two attached hydrogens (primary N) is 1. The summed E-state index contributed by atoms with van der Waals surface area (Å²) in [5.74, 6) is 0.957. The zero-order valence-electron chi connectivity index (χ0n) is 17.1. The van der Waals surface area contributed by atoms with Crippen molar-refractivity contribution in [2.45, 2.75) is 25.8 Å². The Morgan fingerprint density at radius 3 is 2.62 bits per heavy atom. The van der Waals surface area contributed by atoms with Gasteiger partial charge in [-0.3, -0.25) is 4.79 Å². The topological polar surface area (TPSA) is 76.2 Å². The van der Waals surface area contributed by atoms with Crippen molar-refractivity contribution in [3.05, 3.63) is 77.4 Å². The summed E-state index contributed by atoms with van der Waals surface area (Å²) in [6.07, 6.45) is 3.69. The van der Waals surface area contributed by atoms with Gasteiger partial charge in [-0.1, -0.05) is 24.3 Å². The first-order valence-electron chi connectivity index (χ1n) is 9.90. The molecule has 1 aromatic heterocycles. The third-order valence-corrected chi connectivity index (χ3v) is 5.87. The van der Waals surface area contributed by atoms with Crippen LogP contribution in [0.5, 0.6) is 0 Å². The number of nitrogens with one attached hydrogen (secondary N) is 1. The van der Waals surface area contributed by atoms with Crippen molar-refractivity contribution in [3.8, 4) is 0 Å². The number of hydrogen-bond donors (Lipinski definition) is 2. The number of carbonyl (C=O) groups is 1. The number of nitrogens with zero attached hydrogens (tertiary/aromatic N) is 3. The summed E-state index contributed by atoms with van der Waals surface area (Å²) in [4.78, 5) is 19.6. The van der Waals surface area contributed by atoms with Crippen LogP contribution in [0.1, 0.15) is 33.2 Å². The summed E-state index contributed by atoms with van der Waals surface area (Å²) in [7, 11) is 1.96. The Kier molecular flexibility index (Phi) is 5.11. The highest BCUT2D eigenvalue weighted by molar-refractivity contribution is 6.00. The van der Waals surface area contributed by atoms with Gasteiger partial charge in [0.25, 0.3) is 5.91 Å². The minimum Gasteiger partial charge on any atom is -0.355 e. The molecular formula is C23H27N5O. The van der Waals surface area contributed by atoms with Gasteiger partial charge in [0.1, 0.15) is 5.82 Å². The smallest absolute Gasteiger partial charge is 0.256 e. The maximum atomic E-state index is 13.4. The molecule has 150 valence electrons. The van der Waals surface area contributed by atoms with Crippen LogP contribution in [0.2, 0.25) is 0 Å².